The highest BCUT2D eigenvalue weighted by Crippen LogP contribution is 2.24. The number of likely N-dealkylation sites (N-methyl/N-ethyl adjacent to an activating group) is 1. The Bertz CT molecular complexity index is 259. The van der Waals surface area contributed by atoms with Gasteiger partial charge in [-0.1, -0.05) is 20.8 Å². The minimum Gasteiger partial charge on any atom is -0.315 e. The van der Waals surface area contributed by atoms with Crippen molar-refractivity contribution >= 4 is 0 Å². The largest absolute Gasteiger partial charge is 0.315 e. The van der Waals surface area contributed by atoms with Gasteiger partial charge in [0.1, 0.15) is 0 Å². The summed E-state index contributed by atoms with van der Waals surface area (Å²) in [5.41, 5.74) is 0.344. The van der Waals surface area contributed by atoms with Gasteiger partial charge in [-0.3, -0.25) is 4.90 Å². The molecule has 3 nitrogen and oxygen atoms in total. The van der Waals surface area contributed by atoms with Gasteiger partial charge in [0, 0.05) is 25.2 Å². The zero-order valence-corrected chi connectivity index (χ0v) is 12.7. The van der Waals surface area contributed by atoms with Crippen molar-refractivity contribution in [3.05, 3.63) is 0 Å². The van der Waals surface area contributed by atoms with Gasteiger partial charge in [0.05, 0.1) is 0 Å². The first-order chi connectivity index (χ1) is 8.50. The zero-order valence-electron chi connectivity index (χ0n) is 12.7. The fourth-order valence-corrected chi connectivity index (χ4v) is 3.51. The van der Waals surface area contributed by atoms with E-state index in [1.165, 1.54) is 52.0 Å². The van der Waals surface area contributed by atoms with Crippen molar-refractivity contribution < 1.29 is 0 Å². The summed E-state index contributed by atoms with van der Waals surface area (Å²) >= 11 is 0. The van der Waals surface area contributed by atoms with E-state index in [0.717, 1.165) is 6.04 Å². The molecular formula is C15H31N3. The molecule has 0 spiro atoms. The summed E-state index contributed by atoms with van der Waals surface area (Å²) in [4.78, 5) is 5.41. The summed E-state index contributed by atoms with van der Waals surface area (Å²) in [6.45, 7) is 13.4. The SMILES string of the molecule is CNC(CN1CCCN2CCCC2C1)C(C)(C)C. The van der Waals surface area contributed by atoms with Gasteiger partial charge in [0.15, 0.2) is 0 Å². The van der Waals surface area contributed by atoms with Gasteiger partial charge >= 0.3 is 0 Å². The van der Waals surface area contributed by atoms with Crippen molar-refractivity contribution in [2.75, 3.05) is 39.8 Å². The van der Waals surface area contributed by atoms with Crippen LogP contribution in [0.2, 0.25) is 0 Å². The Morgan fingerprint density at radius 2 is 1.89 bits per heavy atom. The second kappa shape index (κ2) is 5.89. The average molecular weight is 253 g/mol. The lowest BCUT2D eigenvalue weighted by Crippen LogP contribution is -2.49. The summed E-state index contributed by atoms with van der Waals surface area (Å²) in [6.07, 6.45) is 4.17. The summed E-state index contributed by atoms with van der Waals surface area (Å²) < 4.78 is 0. The molecule has 3 heteroatoms. The van der Waals surface area contributed by atoms with Gasteiger partial charge in [-0.15, -0.1) is 0 Å². The standard InChI is InChI=1S/C15H31N3/c1-15(2,3)14(16-4)12-17-8-6-10-18-9-5-7-13(18)11-17/h13-14,16H,5-12H2,1-4H3. The molecular weight excluding hydrogens is 222 g/mol. The highest BCUT2D eigenvalue weighted by atomic mass is 15.3. The maximum atomic E-state index is 3.51. The highest BCUT2D eigenvalue weighted by molar-refractivity contribution is 4.88. The van der Waals surface area contributed by atoms with Crippen LogP contribution in [-0.2, 0) is 0 Å². The fraction of sp³-hybridized carbons (Fsp3) is 1.00. The van der Waals surface area contributed by atoms with Crippen LogP contribution in [-0.4, -0.2) is 61.7 Å². The van der Waals surface area contributed by atoms with Crippen LogP contribution in [0.15, 0.2) is 0 Å². The lowest BCUT2D eigenvalue weighted by atomic mass is 9.86. The average Bonchev–Trinajstić information content (AvgIpc) is 2.63. The van der Waals surface area contributed by atoms with Crippen molar-refractivity contribution in [1.82, 2.24) is 15.1 Å². The maximum absolute atomic E-state index is 3.51. The fourth-order valence-electron chi connectivity index (χ4n) is 3.51. The number of hydrogen-bond donors (Lipinski definition) is 1. The van der Waals surface area contributed by atoms with Crippen LogP contribution in [0.1, 0.15) is 40.0 Å². The molecule has 2 aliphatic heterocycles. The molecule has 18 heavy (non-hydrogen) atoms. The molecule has 0 aromatic heterocycles. The predicted octanol–water partition coefficient (Wildman–Crippen LogP) is 1.79. The van der Waals surface area contributed by atoms with E-state index >= 15 is 0 Å². The van der Waals surface area contributed by atoms with Gasteiger partial charge in [-0.05, 0) is 51.4 Å². The first kappa shape index (κ1) is 14.3. The molecule has 2 rings (SSSR count). The Kier molecular flexibility index (Phi) is 4.68. The Balaban J connectivity index is 1.92. The van der Waals surface area contributed by atoms with E-state index in [1.54, 1.807) is 0 Å². The third kappa shape index (κ3) is 3.46. The molecule has 2 aliphatic rings. The zero-order chi connectivity index (χ0) is 13.2. The summed E-state index contributed by atoms with van der Waals surface area (Å²) in [6, 6.07) is 1.43. The Morgan fingerprint density at radius 1 is 1.17 bits per heavy atom. The molecule has 0 aliphatic carbocycles. The predicted molar refractivity (Wildman–Crippen MR) is 78.0 cm³/mol. The van der Waals surface area contributed by atoms with Crippen molar-refractivity contribution in [1.29, 1.82) is 0 Å². The normalized spacial score (nSPS) is 29.0. The van der Waals surface area contributed by atoms with E-state index in [-0.39, 0.29) is 0 Å². The molecule has 0 aromatic rings. The molecule has 2 fully saturated rings. The van der Waals surface area contributed by atoms with Gasteiger partial charge in [-0.2, -0.15) is 0 Å². The molecule has 1 N–H and O–H groups in total. The number of rotatable bonds is 3. The second-order valence-electron chi connectivity index (χ2n) is 7.15. The smallest absolute Gasteiger partial charge is 0.0240 e. The van der Waals surface area contributed by atoms with Crippen LogP contribution in [0.3, 0.4) is 0 Å². The molecule has 0 saturated carbocycles. The van der Waals surface area contributed by atoms with Crippen LogP contribution >= 0.6 is 0 Å². The lowest BCUT2D eigenvalue weighted by Gasteiger charge is -2.35. The number of fused-ring (bicyclic) bond motifs is 1. The molecule has 0 radical (unpaired) electrons. The summed E-state index contributed by atoms with van der Waals surface area (Å²) in [5, 5.41) is 3.51. The maximum Gasteiger partial charge on any atom is 0.0240 e. The molecule has 106 valence electrons. The second-order valence-corrected chi connectivity index (χ2v) is 7.15. The third-order valence-electron chi connectivity index (χ3n) is 4.72. The van der Waals surface area contributed by atoms with Crippen LogP contribution < -0.4 is 5.32 Å². The minimum atomic E-state index is 0.344. The Morgan fingerprint density at radius 3 is 2.56 bits per heavy atom. The highest BCUT2D eigenvalue weighted by Gasteiger charge is 2.31. The van der Waals surface area contributed by atoms with E-state index < -0.39 is 0 Å². The van der Waals surface area contributed by atoms with Crippen molar-refractivity contribution in [3.8, 4) is 0 Å². The third-order valence-corrected chi connectivity index (χ3v) is 4.72. The monoisotopic (exact) mass is 253 g/mol. The molecule has 0 bridgehead atoms. The van der Waals surface area contributed by atoms with Gasteiger partial charge in [0.2, 0.25) is 0 Å². The van der Waals surface area contributed by atoms with E-state index in [0.29, 0.717) is 11.5 Å². The van der Waals surface area contributed by atoms with Crippen LogP contribution in [0.4, 0.5) is 0 Å². The molecule has 2 heterocycles. The first-order valence-electron chi connectivity index (χ1n) is 7.64. The van der Waals surface area contributed by atoms with Crippen LogP contribution in [0, 0.1) is 5.41 Å². The number of nitrogens with one attached hydrogen (secondary N) is 1. The Hall–Kier alpha value is -0.120. The molecule has 0 aromatic carbocycles. The van der Waals surface area contributed by atoms with E-state index in [1.807, 2.05) is 0 Å². The van der Waals surface area contributed by atoms with Gasteiger partial charge in [-0.25, -0.2) is 0 Å². The van der Waals surface area contributed by atoms with Crippen molar-refractivity contribution in [2.45, 2.75) is 52.1 Å². The molecule has 0 amide bonds. The van der Waals surface area contributed by atoms with Crippen molar-refractivity contribution in [3.63, 3.8) is 0 Å². The molecule has 2 saturated heterocycles. The van der Waals surface area contributed by atoms with E-state index in [2.05, 4.69) is 42.9 Å². The minimum absolute atomic E-state index is 0.344. The lowest BCUT2D eigenvalue weighted by molar-refractivity contribution is 0.165. The van der Waals surface area contributed by atoms with E-state index in [9.17, 15) is 0 Å². The number of hydrogen-bond acceptors (Lipinski definition) is 3. The Labute approximate surface area is 113 Å². The van der Waals surface area contributed by atoms with Crippen LogP contribution in [0.5, 0.6) is 0 Å². The summed E-state index contributed by atoms with van der Waals surface area (Å²) in [5.74, 6) is 0. The molecule has 2 atom stereocenters. The number of nitrogens with zero attached hydrogens (tertiary/aromatic N) is 2. The van der Waals surface area contributed by atoms with E-state index in [4.69, 9.17) is 0 Å². The van der Waals surface area contributed by atoms with Gasteiger partial charge < -0.3 is 10.2 Å². The topological polar surface area (TPSA) is 18.5 Å². The van der Waals surface area contributed by atoms with Crippen molar-refractivity contribution in [2.24, 2.45) is 5.41 Å². The van der Waals surface area contributed by atoms with Gasteiger partial charge in [0.25, 0.3) is 0 Å². The first-order valence-corrected chi connectivity index (χ1v) is 7.64. The molecule has 2 unspecified atom stereocenters. The quantitative estimate of drug-likeness (QED) is 0.827. The summed E-state index contributed by atoms with van der Waals surface area (Å²) in [7, 11) is 2.11. The van der Waals surface area contributed by atoms with Crippen LogP contribution in [0.25, 0.3) is 0 Å².